The summed E-state index contributed by atoms with van der Waals surface area (Å²) in [6.45, 7) is 11.9. The van der Waals surface area contributed by atoms with Crippen LogP contribution in [0.15, 0.2) is 23.8 Å². The maximum Gasteiger partial charge on any atom is 0.310 e. The molecule has 0 aromatic rings. The van der Waals surface area contributed by atoms with Gasteiger partial charge in [-0.1, -0.05) is 37.1 Å². The van der Waals surface area contributed by atoms with Gasteiger partial charge in [0.2, 0.25) is 0 Å². The van der Waals surface area contributed by atoms with E-state index in [2.05, 4.69) is 19.6 Å². The van der Waals surface area contributed by atoms with E-state index in [9.17, 15) is 9.90 Å². The van der Waals surface area contributed by atoms with Crippen molar-refractivity contribution in [3.63, 3.8) is 0 Å². The van der Waals surface area contributed by atoms with Gasteiger partial charge in [-0.25, -0.2) is 0 Å². The van der Waals surface area contributed by atoms with E-state index in [1.165, 1.54) is 5.57 Å². The maximum atomic E-state index is 11.8. The molecule has 0 radical (unpaired) electrons. The lowest BCUT2D eigenvalue weighted by Gasteiger charge is -2.21. The van der Waals surface area contributed by atoms with Crippen LogP contribution in [-0.2, 0) is 9.53 Å². The summed E-state index contributed by atoms with van der Waals surface area (Å²) in [5.74, 6) is 0.317. The first-order chi connectivity index (χ1) is 10.2. The Morgan fingerprint density at radius 3 is 2.64 bits per heavy atom. The zero-order valence-electron chi connectivity index (χ0n) is 14.7. The van der Waals surface area contributed by atoms with Gasteiger partial charge in [0.05, 0.1) is 12.5 Å². The molecule has 3 heteroatoms. The Morgan fingerprint density at radius 2 is 2.14 bits per heavy atom. The molecular formula is C19H32O3. The van der Waals surface area contributed by atoms with Crippen LogP contribution in [0.25, 0.3) is 0 Å². The molecule has 0 amide bonds. The van der Waals surface area contributed by atoms with E-state index in [1.54, 1.807) is 0 Å². The topological polar surface area (TPSA) is 46.5 Å². The van der Waals surface area contributed by atoms with Crippen molar-refractivity contribution in [3.05, 3.63) is 23.8 Å². The molecule has 1 aliphatic rings. The van der Waals surface area contributed by atoms with Crippen molar-refractivity contribution in [2.45, 2.75) is 84.3 Å². The molecule has 2 atom stereocenters. The fraction of sp³-hybridized carbons (Fsp3) is 0.737. The summed E-state index contributed by atoms with van der Waals surface area (Å²) in [5.41, 5.74) is 1.89. The number of aliphatic hydroxyl groups is 1. The number of aliphatic hydroxyl groups excluding tert-OH is 1. The average molecular weight is 308 g/mol. The molecule has 0 spiro atoms. The molecule has 1 N–H and O–H groups in total. The monoisotopic (exact) mass is 308 g/mol. The molecule has 1 aliphatic carbocycles. The highest BCUT2D eigenvalue weighted by atomic mass is 16.6. The van der Waals surface area contributed by atoms with Crippen LogP contribution in [0, 0.1) is 5.92 Å². The summed E-state index contributed by atoms with van der Waals surface area (Å²) in [4.78, 5) is 11.8. The molecule has 22 heavy (non-hydrogen) atoms. The van der Waals surface area contributed by atoms with E-state index < -0.39 is 5.60 Å². The van der Waals surface area contributed by atoms with Crippen LogP contribution in [0.4, 0.5) is 0 Å². The Balaban J connectivity index is 2.41. The number of hydrogen-bond donors (Lipinski definition) is 1. The van der Waals surface area contributed by atoms with Gasteiger partial charge in [-0.05, 0) is 58.8 Å². The van der Waals surface area contributed by atoms with Crippen molar-refractivity contribution in [3.8, 4) is 0 Å². The van der Waals surface area contributed by atoms with Crippen LogP contribution in [0.3, 0.4) is 0 Å². The Morgan fingerprint density at radius 1 is 1.45 bits per heavy atom. The smallest absolute Gasteiger partial charge is 0.310 e. The van der Waals surface area contributed by atoms with Gasteiger partial charge in [0.15, 0.2) is 0 Å². The van der Waals surface area contributed by atoms with E-state index in [-0.39, 0.29) is 12.1 Å². The van der Waals surface area contributed by atoms with Gasteiger partial charge >= 0.3 is 5.97 Å². The summed E-state index contributed by atoms with van der Waals surface area (Å²) in [6.07, 6.45) is 8.02. The van der Waals surface area contributed by atoms with E-state index in [1.807, 2.05) is 20.8 Å². The third-order valence-corrected chi connectivity index (χ3v) is 3.95. The van der Waals surface area contributed by atoms with E-state index >= 15 is 0 Å². The fourth-order valence-electron chi connectivity index (χ4n) is 2.97. The van der Waals surface area contributed by atoms with Crippen LogP contribution in [0.1, 0.15) is 72.6 Å². The number of carbonyl (C=O) groups is 1. The number of esters is 1. The van der Waals surface area contributed by atoms with Crippen LogP contribution in [-0.4, -0.2) is 22.8 Å². The van der Waals surface area contributed by atoms with Crippen LogP contribution in [0.5, 0.6) is 0 Å². The first kappa shape index (κ1) is 19.0. The largest absolute Gasteiger partial charge is 0.460 e. The maximum absolute atomic E-state index is 11.8. The van der Waals surface area contributed by atoms with Gasteiger partial charge in [0.1, 0.15) is 5.60 Å². The van der Waals surface area contributed by atoms with E-state index in [0.717, 1.165) is 44.1 Å². The van der Waals surface area contributed by atoms with Crippen molar-refractivity contribution < 1.29 is 14.6 Å². The van der Waals surface area contributed by atoms with Crippen LogP contribution < -0.4 is 0 Å². The van der Waals surface area contributed by atoms with Crippen molar-refractivity contribution in [2.75, 3.05) is 0 Å². The van der Waals surface area contributed by atoms with E-state index in [0.29, 0.717) is 12.3 Å². The van der Waals surface area contributed by atoms with Crippen LogP contribution >= 0.6 is 0 Å². The second-order valence-electron chi connectivity index (χ2n) is 7.41. The quantitative estimate of drug-likeness (QED) is 0.528. The molecule has 0 fully saturated rings. The molecule has 0 aromatic heterocycles. The van der Waals surface area contributed by atoms with Gasteiger partial charge in [-0.15, -0.1) is 0 Å². The van der Waals surface area contributed by atoms with E-state index in [4.69, 9.17) is 4.74 Å². The Bertz CT molecular complexity index is 415. The Kier molecular flexibility index (Phi) is 7.34. The summed E-state index contributed by atoms with van der Waals surface area (Å²) in [6, 6.07) is 0. The summed E-state index contributed by atoms with van der Waals surface area (Å²) in [7, 11) is 0. The van der Waals surface area contributed by atoms with Crippen molar-refractivity contribution in [1.29, 1.82) is 0 Å². The molecule has 2 unspecified atom stereocenters. The second-order valence-corrected chi connectivity index (χ2v) is 7.41. The van der Waals surface area contributed by atoms with Crippen molar-refractivity contribution >= 4 is 5.97 Å². The molecule has 0 aromatic carbocycles. The number of carbonyl (C=O) groups excluding carboxylic acids is 1. The molecule has 0 saturated carbocycles. The van der Waals surface area contributed by atoms with Gasteiger partial charge in [-0.3, -0.25) is 4.79 Å². The molecule has 0 bridgehead atoms. The molecular weight excluding hydrogens is 276 g/mol. The molecule has 1 rings (SSSR count). The zero-order valence-corrected chi connectivity index (χ0v) is 14.7. The minimum Gasteiger partial charge on any atom is -0.460 e. The highest BCUT2D eigenvalue weighted by Crippen LogP contribution is 2.32. The third-order valence-electron chi connectivity index (χ3n) is 3.95. The zero-order chi connectivity index (χ0) is 16.8. The standard InChI is InChI=1S/C19H32O3/c1-6-7-15(16-10-11-17(20)13-16)9-8-14(2)12-18(21)22-19(3,4)5/h10,15,17,20H,2,6-9,11-13H2,1,3-5H3. The SMILES string of the molecule is C=C(CCC(CCC)C1=CCC(O)C1)CC(=O)OC(C)(C)C. The minimum atomic E-state index is -0.438. The third kappa shape index (κ3) is 7.26. The number of rotatable bonds is 8. The average Bonchev–Trinajstić information content (AvgIpc) is 2.78. The summed E-state index contributed by atoms with van der Waals surface area (Å²) >= 11 is 0. The van der Waals surface area contributed by atoms with Gasteiger partial charge in [0.25, 0.3) is 0 Å². The molecule has 126 valence electrons. The lowest BCUT2D eigenvalue weighted by Crippen LogP contribution is -2.24. The Hall–Kier alpha value is -1.09. The predicted octanol–water partition coefficient (Wildman–Crippen LogP) is 4.55. The first-order valence-electron chi connectivity index (χ1n) is 8.46. The highest BCUT2D eigenvalue weighted by Gasteiger charge is 2.22. The molecule has 0 aliphatic heterocycles. The summed E-state index contributed by atoms with van der Waals surface area (Å²) < 4.78 is 5.33. The molecule has 3 nitrogen and oxygen atoms in total. The number of hydrogen-bond acceptors (Lipinski definition) is 3. The lowest BCUT2D eigenvalue weighted by molar-refractivity contribution is -0.153. The molecule has 0 saturated heterocycles. The lowest BCUT2D eigenvalue weighted by atomic mass is 9.87. The van der Waals surface area contributed by atoms with Crippen molar-refractivity contribution in [1.82, 2.24) is 0 Å². The Labute approximate surface area is 135 Å². The summed E-state index contributed by atoms with van der Waals surface area (Å²) in [5, 5.41) is 9.69. The highest BCUT2D eigenvalue weighted by molar-refractivity contribution is 5.72. The second kappa shape index (κ2) is 8.52. The van der Waals surface area contributed by atoms with Gasteiger partial charge in [-0.2, -0.15) is 0 Å². The first-order valence-corrected chi connectivity index (χ1v) is 8.46. The number of ether oxygens (including phenoxy) is 1. The van der Waals surface area contributed by atoms with Crippen molar-refractivity contribution in [2.24, 2.45) is 5.92 Å². The van der Waals surface area contributed by atoms with Crippen LogP contribution in [0.2, 0.25) is 0 Å². The van der Waals surface area contributed by atoms with Gasteiger partial charge < -0.3 is 9.84 Å². The predicted molar refractivity (Wildman–Crippen MR) is 90.6 cm³/mol. The minimum absolute atomic E-state index is 0.194. The molecule has 0 heterocycles. The fourth-order valence-corrected chi connectivity index (χ4v) is 2.97. The van der Waals surface area contributed by atoms with Gasteiger partial charge in [0, 0.05) is 0 Å². The normalized spacial score (nSPS) is 19.7.